The maximum atomic E-state index is 9.79. The number of aliphatic hydroxyl groups is 1. The van der Waals surface area contributed by atoms with Gasteiger partial charge in [0.25, 0.3) is 0 Å². The highest BCUT2D eigenvalue weighted by molar-refractivity contribution is 7.71. The molecule has 29 heavy (non-hydrogen) atoms. The Morgan fingerprint density at radius 1 is 1.10 bits per heavy atom. The lowest BCUT2D eigenvalue weighted by atomic mass is 10.1. The molecule has 2 aromatic carbocycles. The van der Waals surface area contributed by atoms with Crippen LogP contribution in [-0.2, 0) is 6.67 Å². The lowest BCUT2D eigenvalue weighted by Crippen LogP contribution is -3.12. The Labute approximate surface area is 176 Å². The summed E-state index contributed by atoms with van der Waals surface area (Å²) in [6.45, 7) is 4.63. The molecule has 0 aliphatic carbocycles. The van der Waals surface area contributed by atoms with Crippen LogP contribution < -0.4 is 9.64 Å². The van der Waals surface area contributed by atoms with Crippen LogP contribution in [0.4, 0.5) is 0 Å². The van der Waals surface area contributed by atoms with Gasteiger partial charge in [-0.05, 0) is 55.5 Å². The number of nitrogens with zero attached hydrogens (tertiary/aromatic N) is 3. The molecule has 0 bridgehead atoms. The zero-order valence-electron chi connectivity index (χ0n) is 16.8. The van der Waals surface area contributed by atoms with Gasteiger partial charge in [0, 0.05) is 24.1 Å². The predicted molar refractivity (Wildman–Crippen MR) is 115 cm³/mol. The summed E-state index contributed by atoms with van der Waals surface area (Å²) in [4.78, 5) is 1.39. The lowest BCUT2D eigenvalue weighted by Gasteiger charge is -2.26. The second kappa shape index (κ2) is 8.49. The molecule has 1 aromatic heterocycles. The first-order valence-corrected chi connectivity index (χ1v) is 10.4. The second-order valence-electron chi connectivity index (χ2n) is 7.64. The second-order valence-corrected chi connectivity index (χ2v) is 8.01. The Morgan fingerprint density at radius 3 is 2.38 bits per heavy atom. The van der Waals surface area contributed by atoms with Crippen molar-refractivity contribution in [3.63, 3.8) is 0 Å². The summed E-state index contributed by atoms with van der Waals surface area (Å²) in [6.07, 6.45) is 1.48. The van der Waals surface area contributed by atoms with E-state index in [4.69, 9.17) is 22.1 Å². The van der Waals surface area contributed by atoms with E-state index in [1.807, 2.05) is 33.5 Å². The van der Waals surface area contributed by atoms with Crippen LogP contribution in [0.25, 0.3) is 17.1 Å². The van der Waals surface area contributed by atoms with Crippen molar-refractivity contribution in [2.45, 2.75) is 32.5 Å². The largest absolute Gasteiger partial charge is 0.497 e. The molecule has 1 aliphatic heterocycles. The van der Waals surface area contributed by atoms with Crippen LogP contribution in [0.15, 0.2) is 48.5 Å². The van der Waals surface area contributed by atoms with Crippen LogP contribution >= 0.6 is 12.2 Å². The summed E-state index contributed by atoms with van der Waals surface area (Å²) >= 11 is 5.84. The highest BCUT2D eigenvalue weighted by atomic mass is 32.1. The quantitative estimate of drug-likeness (QED) is 0.633. The minimum Gasteiger partial charge on any atom is -0.497 e. The number of hydrogen-bond acceptors (Lipinski definition) is 4. The Kier molecular flexibility index (Phi) is 5.80. The Bertz CT molecular complexity index is 1020. The third-order valence-corrected chi connectivity index (χ3v) is 5.91. The van der Waals surface area contributed by atoms with Crippen LogP contribution in [0, 0.1) is 11.7 Å². The number of hydrogen-bond donors (Lipinski definition) is 2. The van der Waals surface area contributed by atoms with Crippen molar-refractivity contribution < 1.29 is 14.7 Å². The SMILES string of the molecule is COc1ccc(-c2nn(C[NH+]3CCC(O)CC3)c(=S)n2-c2ccc(C)cc2)cc1. The molecule has 1 fully saturated rings. The van der Waals surface area contributed by atoms with Crippen molar-refractivity contribution in [1.29, 1.82) is 0 Å². The van der Waals surface area contributed by atoms with Gasteiger partial charge < -0.3 is 14.7 Å². The standard InChI is InChI=1S/C22H26N4O2S/c1-16-3-7-18(8-4-16)26-21(17-5-9-20(28-2)10-6-17)23-25(22(26)29)15-24-13-11-19(27)12-14-24/h3-10,19,27H,11-15H2,1-2H3/p+1. The predicted octanol–water partition coefficient (Wildman–Crippen LogP) is 2.38. The molecule has 0 amide bonds. The number of likely N-dealkylation sites (tertiary alicyclic amines) is 1. The maximum absolute atomic E-state index is 9.79. The zero-order valence-corrected chi connectivity index (χ0v) is 17.7. The van der Waals surface area contributed by atoms with E-state index in [0.717, 1.165) is 48.8 Å². The summed E-state index contributed by atoms with van der Waals surface area (Å²) in [7, 11) is 1.66. The van der Waals surface area contributed by atoms with Crippen molar-refractivity contribution in [3.8, 4) is 22.8 Å². The number of nitrogens with one attached hydrogen (secondary N) is 1. The summed E-state index contributed by atoms with van der Waals surface area (Å²) in [5.74, 6) is 1.63. The molecule has 1 saturated heterocycles. The number of aromatic nitrogens is 3. The van der Waals surface area contributed by atoms with E-state index in [-0.39, 0.29) is 6.10 Å². The fraction of sp³-hybridized carbons (Fsp3) is 0.364. The van der Waals surface area contributed by atoms with E-state index in [1.165, 1.54) is 10.5 Å². The molecular weight excluding hydrogens is 384 g/mol. The number of quaternary nitrogens is 1. The number of rotatable bonds is 5. The smallest absolute Gasteiger partial charge is 0.207 e. The number of methoxy groups -OCH3 is 1. The number of aryl methyl sites for hydroxylation is 1. The van der Waals surface area contributed by atoms with Gasteiger partial charge in [0.05, 0.1) is 26.3 Å². The lowest BCUT2D eigenvalue weighted by molar-refractivity contribution is -0.929. The van der Waals surface area contributed by atoms with Gasteiger partial charge in [-0.15, -0.1) is 5.10 Å². The minimum atomic E-state index is -0.174. The van der Waals surface area contributed by atoms with E-state index in [1.54, 1.807) is 7.11 Å². The molecule has 6 nitrogen and oxygen atoms in total. The van der Waals surface area contributed by atoms with Crippen molar-refractivity contribution in [1.82, 2.24) is 14.3 Å². The van der Waals surface area contributed by atoms with Crippen molar-refractivity contribution >= 4 is 12.2 Å². The van der Waals surface area contributed by atoms with Crippen LogP contribution in [0.3, 0.4) is 0 Å². The molecule has 1 aliphatic rings. The summed E-state index contributed by atoms with van der Waals surface area (Å²) in [5, 5.41) is 14.7. The van der Waals surface area contributed by atoms with Gasteiger partial charge in [-0.2, -0.15) is 4.68 Å². The molecule has 0 radical (unpaired) electrons. The summed E-state index contributed by atoms with van der Waals surface area (Å²) in [5.41, 5.74) is 3.19. The highest BCUT2D eigenvalue weighted by Crippen LogP contribution is 2.25. The molecular formula is C22H27N4O2S+. The van der Waals surface area contributed by atoms with Gasteiger partial charge in [0.1, 0.15) is 5.75 Å². The molecule has 0 spiro atoms. The molecule has 3 aromatic rings. The van der Waals surface area contributed by atoms with Gasteiger partial charge in [-0.1, -0.05) is 17.7 Å². The normalized spacial score (nSPS) is 19.3. The van der Waals surface area contributed by atoms with Crippen molar-refractivity contribution in [2.24, 2.45) is 0 Å². The average molecular weight is 412 g/mol. The van der Waals surface area contributed by atoms with E-state index >= 15 is 0 Å². The van der Waals surface area contributed by atoms with Gasteiger partial charge in [0.2, 0.25) is 4.77 Å². The Morgan fingerprint density at radius 2 is 1.76 bits per heavy atom. The fourth-order valence-corrected chi connectivity index (χ4v) is 4.04. The topological polar surface area (TPSA) is 56.6 Å². The number of benzene rings is 2. The molecule has 152 valence electrons. The third-order valence-electron chi connectivity index (χ3n) is 5.52. The molecule has 2 N–H and O–H groups in total. The van der Waals surface area contributed by atoms with Crippen LogP contribution in [0.2, 0.25) is 0 Å². The zero-order chi connectivity index (χ0) is 20.4. The number of ether oxygens (including phenoxy) is 1. The van der Waals surface area contributed by atoms with Crippen LogP contribution in [0.5, 0.6) is 5.75 Å². The Hall–Kier alpha value is -2.48. The van der Waals surface area contributed by atoms with Crippen molar-refractivity contribution in [2.75, 3.05) is 20.2 Å². The van der Waals surface area contributed by atoms with E-state index in [2.05, 4.69) is 31.2 Å². The fourth-order valence-electron chi connectivity index (χ4n) is 3.75. The third kappa shape index (κ3) is 4.27. The number of piperidine rings is 1. The average Bonchev–Trinajstić information content (AvgIpc) is 3.06. The summed E-state index contributed by atoms with van der Waals surface area (Å²) in [6, 6.07) is 16.2. The summed E-state index contributed by atoms with van der Waals surface area (Å²) < 4.78 is 9.93. The van der Waals surface area contributed by atoms with E-state index in [0.29, 0.717) is 11.4 Å². The minimum absolute atomic E-state index is 0.174. The first-order valence-electron chi connectivity index (χ1n) is 9.98. The van der Waals surface area contributed by atoms with E-state index < -0.39 is 0 Å². The highest BCUT2D eigenvalue weighted by Gasteiger charge is 2.22. The van der Waals surface area contributed by atoms with Gasteiger partial charge >= 0.3 is 0 Å². The molecule has 0 saturated carbocycles. The van der Waals surface area contributed by atoms with Gasteiger partial charge in [0.15, 0.2) is 12.5 Å². The molecule has 7 heteroatoms. The molecule has 0 atom stereocenters. The Balaban J connectivity index is 1.75. The maximum Gasteiger partial charge on any atom is 0.207 e. The van der Waals surface area contributed by atoms with Crippen LogP contribution in [0.1, 0.15) is 18.4 Å². The molecule has 4 rings (SSSR count). The van der Waals surface area contributed by atoms with Gasteiger partial charge in [-0.3, -0.25) is 4.57 Å². The number of aliphatic hydroxyl groups excluding tert-OH is 1. The van der Waals surface area contributed by atoms with Gasteiger partial charge in [-0.25, -0.2) is 0 Å². The van der Waals surface area contributed by atoms with Crippen molar-refractivity contribution in [3.05, 3.63) is 58.9 Å². The first-order chi connectivity index (χ1) is 14.0. The molecule has 2 heterocycles. The van der Waals surface area contributed by atoms with Crippen LogP contribution in [-0.4, -0.2) is 45.8 Å². The monoisotopic (exact) mass is 411 g/mol. The van der Waals surface area contributed by atoms with E-state index in [9.17, 15) is 5.11 Å². The first kappa shape index (κ1) is 19.8. The molecule has 0 unspecified atom stereocenters.